The van der Waals surface area contributed by atoms with Gasteiger partial charge in [0.15, 0.2) is 0 Å². The van der Waals surface area contributed by atoms with Gasteiger partial charge in [-0.3, -0.25) is 13.9 Å². The van der Waals surface area contributed by atoms with Crippen LogP contribution in [0.1, 0.15) is 30.0 Å². The van der Waals surface area contributed by atoms with Gasteiger partial charge < -0.3 is 10.2 Å². The molecule has 0 heterocycles. The molecule has 4 aromatic rings. The fourth-order valence-corrected chi connectivity index (χ4v) is 6.80. The monoisotopic (exact) mass is 685 g/mol. The number of hydrogen-bond donors (Lipinski definition) is 1. The highest BCUT2D eigenvalue weighted by Crippen LogP contribution is 2.31. The number of aryl methyl sites for hydroxylation is 1. The van der Waals surface area contributed by atoms with Gasteiger partial charge in [-0.25, -0.2) is 8.42 Å². The molecule has 11 heteroatoms. The number of sulfonamides is 1. The zero-order valence-corrected chi connectivity index (χ0v) is 28.0. The van der Waals surface area contributed by atoms with Gasteiger partial charge in [-0.05, 0) is 60.9 Å². The minimum atomic E-state index is -4.26. The Morgan fingerprint density at radius 3 is 2.11 bits per heavy atom. The summed E-state index contributed by atoms with van der Waals surface area (Å²) in [7, 11) is -4.26. The number of halogens is 3. The Morgan fingerprint density at radius 1 is 0.800 bits per heavy atom. The van der Waals surface area contributed by atoms with Crippen LogP contribution in [0.15, 0.2) is 102 Å². The third-order valence-corrected chi connectivity index (χ3v) is 10.00. The van der Waals surface area contributed by atoms with Gasteiger partial charge in [-0.2, -0.15) is 0 Å². The summed E-state index contributed by atoms with van der Waals surface area (Å²) in [6, 6.07) is 26.1. The Hall–Kier alpha value is -3.56. The van der Waals surface area contributed by atoms with E-state index in [-0.39, 0.29) is 39.5 Å². The van der Waals surface area contributed by atoms with Crippen LogP contribution in [-0.4, -0.2) is 44.3 Å². The third-order valence-electron chi connectivity index (χ3n) is 7.17. The zero-order chi connectivity index (χ0) is 32.6. The van der Waals surface area contributed by atoms with Gasteiger partial charge in [0.2, 0.25) is 11.8 Å². The molecule has 4 rings (SSSR count). The number of anilines is 1. The van der Waals surface area contributed by atoms with Gasteiger partial charge in [0.05, 0.1) is 25.7 Å². The maximum Gasteiger partial charge on any atom is 0.264 e. The van der Waals surface area contributed by atoms with Gasteiger partial charge in [0.25, 0.3) is 10.0 Å². The average Bonchev–Trinajstić information content (AvgIpc) is 3.03. The summed E-state index contributed by atoms with van der Waals surface area (Å²) in [4.78, 5) is 29.6. The molecule has 1 N–H and O–H groups in total. The van der Waals surface area contributed by atoms with Crippen molar-refractivity contribution in [3.8, 4) is 0 Å². The second-order valence-electron chi connectivity index (χ2n) is 10.5. The Balaban J connectivity index is 1.82. The molecule has 236 valence electrons. The van der Waals surface area contributed by atoms with Crippen molar-refractivity contribution in [3.05, 3.63) is 129 Å². The lowest BCUT2D eigenvalue weighted by Crippen LogP contribution is -2.53. The summed E-state index contributed by atoms with van der Waals surface area (Å²) in [6.07, 6.45) is 0.889. The van der Waals surface area contributed by atoms with E-state index in [9.17, 15) is 18.0 Å². The number of carbonyl (C=O) groups is 2. The molecular formula is C34H34Cl3N3O4S. The predicted octanol–water partition coefficient (Wildman–Crippen LogP) is 7.32. The van der Waals surface area contributed by atoms with Gasteiger partial charge in [0.1, 0.15) is 12.6 Å². The van der Waals surface area contributed by atoms with E-state index in [4.69, 9.17) is 34.8 Å². The van der Waals surface area contributed by atoms with Crippen molar-refractivity contribution in [1.82, 2.24) is 10.2 Å². The molecule has 0 saturated heterocycles. The van der Waals surface area contributed by atoms with E-state index in [2.05, 4.69) is 5.32 Å². The number of amides is 2. The molecule has 0 radical (unpaired) electrons. The lowest BCUT2D eigenvalue weighted by Gasteiger charge is -2.34. The quantitative estimate of drug-likeness (QED) is 0.160. The Kier molecular flexibility index (Phi) is 11.9. The van der Waals surface area contributed by atoms with Crippen LogP contribution in [0.2, 0.25) is 15.1 Å². The van der Waals surface area contributed by atoms with Crippen molar-refractivity contribution >= 4 is 62.3 Å². The molecule has 0 aliphatic rings. The molecule has 1 atom stereocenters. The molecule has 0 aromatic heterocycles. The topological polar surface area (TPSA) is 86.8 Å². The molecule has 0 bridgehead atoms. The smallest absolute Gasteiger partial charge is 0.264 e. The molecular weight excluding hydrogens is 653 g/mol. The number of hydrogen-bond acceptors (Lipinski definition) is 4. The highest BCUT2D eigenvalue weighted by molar-refractivity contribution is 7.92. The first-order valence-corrected chi connectivity index (χ1v) is 17.0. The maximum atomic E-state index is 14.5. The van der Waals surface area contributed by atoms with Crippen LogP contribution in [0.25, 0.3) is 0 Å². The van der Waals surface area contributed by atoms with E-state index in [1.807, 2.05) is 44.2 Å². The molecule has 45 heavy (non-hydrogen) atoms. The molecule has 7 nitrogen and oxygen atoms in total. The van der Waals surface area contributed by atoms with Crippen molar-refractivity contribution in [2.24, 2.45) is 0 Å². The fourth-order valence-electron chi connectivity index (χ4n) is 4.76. The molecule has 2 amide bonds. The second-order valence-corrected chi connectivity index (χ2v) is 13.6. The molecule has 0 aliphatic heterocycles. The van der Waals surface area contributed by atoms with Gasteiger partial charge >= 0.3 is 0 Å². The number of rotatable bonds is 13. The largest absolute Gasteiger partial charge is 0.354 e. The van der Waals surface area contributed by atoms with E-state index in [0.29, 0.717) is 23.6 Å². The molecule has 0 spiro atoms. The summed E-state index contributed by atoms with van der Waals surface area (Å²) < 4.78 is 29.2. The highest BCUT2D eigenvalue weighted by Gasteiger charge is 2.35. The SMILES string of the molecule is CCCNC(=O)[C@@H](Cc1ccccc1)N(Cc1ccc(Cl)c(Cl)c1)C(=O)CN(c1ccccc1Cl)S(=O)(=O)c1ccc(C)cc1. The Bertz CT molecular complexity index is 1740. The highest BCUT2D eigenvalue weighted by atomic mass is 35.5. The number of benzene rings is 4. The van der Waals surface area contributed by atoms with Gasteiger partial charge in [-0.1, -0.05) is 108 Å². The van der Waals surface area contributed by atoms with Crippen molar-refractivity contribution in [3.63, 3.8) is 0 Å². The Labute approximate surface area is 279 Å². The number of carbonyl (C=O) groups excluding carboxylic acids is 2. The second kappa shape index (κ2) is 15.6. The average molecular weight is 687 g/mol. The van der Waals surface area contributed by atoms with Crippen molar-refractivity contribution in [2.75, 3.05) is 17.4 Å². The summed E-state index contributed by atoms with van der Waals surface area (Å²) in [6.45, 7) is 3.54. The van der Waals surface area contributed by atoms with E-state index in [1.54, 1.807) is 54.6 Å². The van der Waals surface area contributed by atoms with Crippen LogP contribution in [0.3, 0.4) is 0 Å². The summed E-state index contributed by atoms with van der Waals surface area (Å²) in [5.41, 5.74) is 2.46. The molecule has 0 unspecified atom stereocenters. The van der Waals surface area contributed by atoms with Gasteiger partial charge in [-0.15, -0.1) is 0 Å². The lowest BCUT2D eigenvalue weighted by molar-refractivity contribution is -0.140. The first-order valence-electron chi connectivity index (χ1n) is 14.4. The van der Waals surface area contributed by atoms with Crippen LogP contribution >= 0.6 is 34.8 Å². The van der Waals surface area contributed by atoms with Crippen molar-refractivity contribution < 1.29 is 18.0 Å². The van der Waals surface area contributed by atoms with E-state index in [0.717, 1.165) is 15.4 Å². The van der Waals surface area contributed by atoms with Gasteiger partial charge in [0, 0.05) is 19.5 Å². The molecule has 0 fully saturated rings. The molecule has 0 aliphatic carbocycles. The van der Waals surface area contributed by atoms with Crippen LogP contribution in [-0.2, 0) is 32.6 Å². The summed E-state index contributed by atoms with van der Waals surface area (Å²) in [5.74, 6) is -0.968. The minimum Gasteiger partial charge on any atom is -0.354 e. The minimum absolute atomic E-state index is 0.00150. The molecule has 0 saturated carbocycles. The first-order chi connectivity index (χ1) is 21.5. The normalized spacial score (nSPS) is 11.9. The van der Waals surface area contributed by atoms with Crippen LogP contribution in [0.4, 0.5) is 5.69 Å². The van der Waals surface area contributed by atoms with Crippen molar-refractivity contribution in [1.29, 1.82) is 0 Å². The number of nitrogens with one attached hydrogen (secondary N) is 1. The van der Waals surface area contributed by atoms with E-state index in [1.165, 1.54) is 17.0 Å². The number of para-hydroxylation sites is 1. The summed E-state index contributed by atoms with van der Waals surface area (Å²) >= 11 is 19.0. The van der Waals surface area contributed by atoms with Crippen LogP contribution in [0, 0.1) is 6.92 Å². The van der Waals surface area contributed by atoms with E-state index < -0.39 is 28.5 Å². The van der Waals surface area contributed by atoms with Crippen LogP contribution < -0.4 is 9.62 Å². The lowest BCUT2D eigenvalue weighted by atomic mass is 10.0. The fraction of sp³-hybridized carbons (Fsp3) is 0.235. The Morgan fingerprint density at radius 2 is 1.47 bits per heavy atom. The zero-order valence-electron chi connectivity index (χ0n) is 24.9. The summed E-state index contributed by atoms with van der Waals surface area (Å²) in [5, 5.41) is 3.70. The number of nitrogens with zero attached hydrogens (tertiary/aromatic N) is 2. The third kappa shape index (κ3) is 8.79. The van der Waals surface area contributed by atoms with Crippen LogP contribution in [0.5, 0.6) is 0 Å². The van der Waals surface area contributed by atoms with E-state index >= 15 is 0 Å². The van der Waals surface area contributed by atoms with Crippen molar-refractivity contribution in [2.45, 2.75) is 44.2 Å². The predicted molar refractivity (Wildman–Crippen MR) is 181 cm³/mol. The maximum absolute atomic E-state index is 14.5. The standard InChI is InChI=1S/C34H34Cl3N3O4S/c1-3-19-38-34(42)32(21-25-9-5-4-6-10-25)39(22-26-15-18-28(35)30(37)20-26)33(41)23-40(31-12-8-7-11-29(31)36)45(43,44)27-16-13-24(2)14-17-27/h4-18,20,32H,3,19,21-23H2,1-2H3,(H,38,42)/t32-/m1/s1. The molecule has 4 aromatic carbocycles. The first kappa shape index (κ1) is 34.3.